The van der Waals surface area contributed by atoms with Gasteiger partial charge in [0, 0.05) is 23.9 Å². The zero-order valence-electron chi connectivity index (χ0n) is 11.9. The highest BCUT2D eigenvalue weighted by molar-refractivity contribution is 7.92. The van der Waals surface area contributed by atoms with Crippen LogP contribution in [0.15, 0.2) is 24.3 Å². The van der Waals surface area contributed by atoms with E-state index in [1.807, 2.05) is 24.3 Å². The first kappa shape index (κ1) is 16.5. The molecule has 3 nitrogen and oxygen atoms in total. The highest BCUT2D eigenvalue weighted by Gasteiger charge is 2.30. The third kappa shape index (κ3) is 4.48. The molecule has 0 aliphatic rings. The minimum Gasteiger partial charge on any atom is -0.308 e. The topological polar surface area (TPSA) is 46.2 Å². The molecule has 0 fully saturated rings. The number of rotatable bonds is 6. The smallest absolute Gasteiger partial charge is 0.153 e. The van der Waals surface area contributed by atoms with E-state index in [1.165, 1.54) is 6.26 Å². The number of hydrogen-bond donors (Lipinski definition) is 1. The van der Waals surface area contributed by atoms with E-state index in [9.17, 15) is 8.42 Å². The van der Waals surface area contributed by atoms with Crippen molar-refractivity contribution in [1.29, 1.82) is 0 Å². The average molecular weight is 304 g/mol. The van der Waals surface area contributed by atoms with Crippen molar-refractivity contribution in [1.82, 2.24) is 5.32 Å². The first-order valence-corrected chi connectivity index (χ1v) is 8.63. The van der Waals surface area contributed by atoms with Gasteiger partial charge in [-0.25, -0.2) is 8.42 Å². The molecule has 108 valence electrons. The molecular formula is C14H22ClNO2S. The van der Waals surface area contributed by atoms with Crippen LogP contribution in [0.25, 0.3) is 0 Å². The van der Waals surface area contributed by atoms with Gasteiger partial charge < -0.3 is 5.32 Å². The fraction of sp³-hybridized carbons (Fsp3) is 0.571. The Morgan fingerprint density at radius 1 is 1.26 bits per heavy atom. The van der Waals surface area contributed by atoms with Crippen molar-refractivity contribution in [2.75, 3.05) is 12.8 Å². The summed E-state index contributed by atoms with van der Waals surface area (Å²) in [7, 11) is -3.08. The van der Waals surface area contributed by atoms with Gasteiger partial charge in [-0.3, -0.25) is 0 Å². The molecule has 0 bridgehead atoms. The predicted octanol–water partition coefficient (Wildman–Crippen LogP) is 3.20. The molecule has 0 radical (unpaired) electrons. The zero-order valence-corrected chi connectivity index (χ0v) is 13.5. The van der Waals surface area contributed by atoms with E-state index in [-0.39, 0.29) is 6.04 Å². The third-order valence-corrected chi connectivity index (χ3v) is 5.86. The average Bonchev–Trinajstić information content (AvgIpc) is 2.30. The van der Waals surface area contributed by atoms with Gasteiger partial charge in [-0.05, 0) is 38.0 Å². The Hall–Kier alpha value is -0.580. The molecule has 1 rings (SSSR count). The Morgan fingerprint density at radius 3 is 2.21 bits per heavy atom. The minimum absolute atomic E-state index is 0.137. The van der Waals surface area contributed by atoms with Crippen LogP contribution >= 0.6 is 11.6 Å². The fourth-order valence-electron chi connectivity index (χ4n) is 1.69. The lowest BCUT2D eigenvalue weighted by Crippen LogP contribution is -2.42. The summed E-state index contributed by atoms with van der Waals surface area (Å²) in [5.74, 6) is 0. The second-order valence-corrected chi connectivity index (χ2v) is 8.51. The third-order valence-electron chi connectivity index (χ3n) is 3.46. The molecule has 0 heterocycles. The van der Waals surface area contributed by atoms with Crippen LogP contribution in [0.1, 0.15) is 38.8 Å². The number of nitrogens with one attached hydrogen (secondary N) is 1. The van der Waals surface area contributed by atoms with Gasteiger partial charge in [-0.15, -0.1) is 0 Å². The summed E-state index contributed by atoms with van der Waals surface area (Å²) in [6.45, 7) is 5.97. The lowest BCUT2D eigenvalue weighted by molar-refractivity contribution is 0.464. The molecular weight excluding hydrogens is 282 g/mol. The van der Waals surface area contributed by atoms with Gasteiger partial charge in [0.15, 0.2) is 9.84 Å². The van der Waals surface area contributed by atoms with Crippen molar-refractivity contribution in [2.24, 2.45) is 0 Å². The molecule has 0 amide bonds. The highest BCUT2D eigenvalue weighted by atomic mass is 35.5. The van der Waals surface area contributed by atoms with E-state index in [2.05, 4.69) is 12.2 Å². The van der Waals surface area contributed by atoms with E-state index in [4.69, 9.17) is 11.6 Å². The van der Waals surface area contributed by atoms with Crippen LogP contribution in [0.3, 0.4) is 0 Å². The van der Waals surface area contributed by atoms with Gasteiger partial charge in [-0.2, -0.15) is 0 Å². The van der Waals surface area contributed by atoms with Crippen molar-refractivity contribution in [3.8, 4) is 0 Å². The maximum atomic E-state index is 11.7. The maximum absolute atomic E-state index is 11.7. The molecule has 1 unspecified atom stereocenters. The first-order valence-electron chi connectivity index (χ1n) is 6.36. The van der Waals surface area contributed by atoms with Gasteiger partial charge in [0.2, 0.25) is 0 Å². The molecule has 1 N–H and O–H groups in total. The summed E-state index contributed by atoms with van der Waals surface area (Å²) in [6.07, 6.45) is 2.17. The van der Waals surface area contributed by atoms with Crippen LogP contribution in [0, 0.1) is 0 Å². The Morgan fingerprint density at radius 2 is 1.79 bits per heavy atom. The normalized spacial score (nSPS) is 14.4. The number of benzene rings is 1. The molecule has 1 atom stereocenters. The van der Waals surface area contributed by atoms with Crippen LogP contribution in [0.5, 0.6) is 0 Å². The predicted molar refractivity (Wildman–Crippen MR) is 81.4 cm³/mol. The van der Waals surface area contributed by atoms with Crippen molar-refractivity contribution < 1.29 is 8.42 Å². The SMILES string of the molecule is CCC(NCC(C)(C)S(C)(=O)=O)c1ccc(Cl)cc1. The van der Waals surface area contributed by atoms with Crippen LogP contribution < -0.4 is 5.32 Å². The molecule has 0 saturated heterocycles. The molecule has 0 spiro atoms. The second-order valence-electron chi connectivity index (χ2n) is 5.43. The maximum Gasteiger partial charge on any atom is 0.153 e. The van der Waals surface area contributed by atoms with Crippen molar-refractivity contribution in [3.05, 3.63) is 34.9 Å². The van der Waals surface area contributed by atoms with E-state index in [0.29, 0.717) is 11.6 Å². The zero-order chi connectivity index (χ0) is 14.7. The van der Waals surface area contributed by atoms with E-state index < -0.39 is 14.6 Å². The van der Waals surface area contributed by atoms with E-state index in [0.717, 1.165) is 12.0 Å². The molecule has 0 aliphatic carbocycles. The van der Waals surface area contributed by atoms with Crippen LogP contribution in [-0.2, 0) is 9.84 Å². The Bertz CT molecular complexity index is 509. The lowest BCUT2D eigenvalue weighted by atomic mass is 10.0. The summed E-state index contributed by atoms with van der Waals surface area (Å²) in [6, 6.07) is 7.78. The number of hydrogen-bond acceptors (Lipinski definition) is 3. The van der Waals surface area contributed by atoms with Gasteiger partial charge >= 0.3 is 0 Å². The summed E-state index contributed by atoms with van der Waals surface area (Å²) in [5, 5.41) is 4.03. The van der Waals surface area contributed by atoms with E-state index >= 15 is 0 Å². The van der Waals surface area contributed by atoms with Gasteiger partial charge in [0.25, 0.3) is 0 Å². The van der Waals surface area contributed by atoms with Crippen LogP contribution in [0.4, 0.5) is 0 Å². The van der Waals surface area contributed by atoms with Crippen molar-refractivity contribution >= 4 is 21.4 Å². The first-order chi connectivity index (χ1) is 8.67. The fourth-order valence-corrected chi connectivity index (χ4v) is 2.16. The summed E-state index contributed by atoms with van der Waals surface area (Å²) in [5.41, 5.74) is 1.12. The Kier molecular flexibility index (Phi) is 5.42. The molecule has 19 heavy (non-hydrogen) atoms. The van der Waals surface area contributed by atoms with Crippen molar-refractivity contribution in [3.63, 3.8) is 0 Å². The Labute approximate surface area is 121 Å². The van der Waals surface area contributed by atoms with Gasteiger partial charge in [-0.1, -0.05) is 30.7 Å². The molecule has 1 aromatic rings. The van der Waals surface area contributed by atoms with Crippen molar-refractivity contribution in [2.45, 2.75) is 38.0 Å². The minimum atomic E-state index is -3.08. The quantitative estimate of drug-likeness (QED) is 0.878. The second kappa shape index (κ2) is 6.25. The monoisotopic (exact) mass is 303 g/mol. The summed E-state index contributed by atoms with van der Waals surface area (Å²) in [4.78, 5) is 0. The van der Waals surface area contributed by atoms with E-state index in [1.54, 1.807) is 13.8 Å². The molecule has 0 saturated carbocycles. The largest absolute Gasteiger partial charge is 0.308 e. The molecule has 0 aliphatic heterocycles. The van der Waals surface area contributed by atoms with Gasteiger partial charge in [0.1, 0.15) is 0 Å². The number of sulfone groups is 1. The summed E-state index contributed by atoms with van der Waals surface area (Å²) >= 11 is 5.87. The molecule has 1 aromatic carbocycles. The molecule has 0 aromatic heterocycles. The number of halogens is 1. The highest BCUT2D eigenvalue weighted by Crippen LogP contribution is 2.21. The van der Waals surface area contributed by atoms with Crippen LogP contribution in [-0.4, -0.2) is 26.0 Å². The van der Waals surface area contributed by atoms with Crippen LogP contribution in [0.2, 0.25) is 5.02 Å². The lowest BCUT2D eigenvalue weighted by Gasteiger charge is -2.26. The molecule has 5 heteroatoms. The Balaban J connectivity index is 2.76. The standard InChI is InChI=1S/C14H22ClNO2S/c1-5-13(11-6-8-12(15)9-7-11)16-10-14(2,3)19(4,17)18/h6-9,13,16H,5,10H2,1-4H3. The van der Waals surface area contributed by atoms with Gasteiger partial charge in [0.05, 0.1) is 4.75 Å². The summed E-state index contributed by atoms with van der Waals surface area (Å²) < 4.78 is 22.6.